The molecule has 0 spiro atoms. The average Bonchev–Trinajstić information content (AvgIpc) is 2.82. The van der Waals surface area contributed by atoms with Gasteiger partial charge in [-0.15, -0.1) is 0 Å². The molecule has 2 aliphatic rings. The number of likely N-dealkylation sites (tertiary alicyclic amines) is 1. The maximum atomic E-state index is 11.9. The second-order valence-corrected chi connectivity index (χ2v) is 6.71. The van der Waals surface area contributed by atoms with Crippen molar-refractivity contribution in [2.75, 3.05) is 13.1 Å². The minimum atomic E-state index is -0.439. The van der Waals surface area contributed by atoms with E-state index in [-0.39, 0.29) is 12.2 Å². The van der Waals surface area contributed by atoms with Crippen LogP contribution in [0.25, 0.3) is 0 Å². The van der Waals surface area contributed by atoms with E-state index in [2.05, 4.69) is 21.1 Å². The predicted octanol–water partition coefficient (Wildman–Crippen LogP) is 2.74. The summed E-state index contributed by atoms with van der Waals surface area (Å²) >= 11 is 3.33. The zero-order chi connectivity index (χ0) is 13.3. The van der Waals surface area contributed by atoms with Crippen molar-refractivity contribution in [1.82, 2.24) is 4.90 Å². The molecule has 0 aromatic carbocycles. The first-order valence-electron chi connectivity index (χ1n) is 6.21. The van der Waals surface area contributed by atoms with E-state index in [4.69, 9.17) is 9.57 Å². The van der Waals surface area contributed by atoms with Gasteiger partial charge in [0.2, 0.25) is 0 Å². The van der Waals surface area contributed by atoms with Gasteiger partial charge in [-0.25, -0.2) is 4.79 Å². The van der Waals surface area contributed by atoms with Gasteiger partial charge < -0.3 is 14.5 Å². The molecule has 2 aliphatic heterocycles. The number of rotatable bonds is 1. The van der Waals surface area contributed by atoms with Crippen molar-refractivity contribution >= 4 is 26.6 Å². The van der Waals surface area contributed by atoms with Crippen LogP contribution in [0, 0.1) is 5.92 Å². The van der Waals surface area contributed by atoms with Crippen molar-refractivity contribution in [3.63, 3.8) is 0 Å². The van der Waals surface area contributed by atoms with Crippen LogP contribution in [0.2, 0.25) is 0 Å². The largest absolute Gasteiger partial charge is 0.444 e. The first-order valence-corrected chi connectivity index (χ1v) is 7.00. The number of hydrogen-bond acceptors (Lipinski definition) is 4. The second-order valence-electron chi connectivity index (χ2n) is 5.79. The van der Waals surface area contributed by atoms with Crippen LogP contribution in [0.15, 0.2) is 5.16 Å². The summed E-state index contributed by atoms with van der Waals surface area (Å²) in [5.41, 5.74) is -0.439. The zero-order valence-corrected chi connectivity index (χ0v) is 12.6. The van der Waals surface area contributed by atoms with E-state index in [0.717, 1.165) is 24.0 Å². The summed E-state index contributed by atoms with van der Waals surface area (Å²) in [5, 5.41) is 3.89. The minimum Gasteiger partial charge on any atom is -0.444 e. The molecular formula is C12H19BrN2O3. The van der Waals surface area contributed by atoms with E-state index >= 15 is 0 Å². The number of carbonyl (C=O) groups excluding carboxylic acids is 1. The molecular weight excluding hydrogens is 300 g/mol. The number of amides is 1. The minimum absolute atomic E-state index is 0.0896. The third-order valence-corrected chi connectivity index (χ3v) is 3.53. The van der Waals surface area contributed by atoms with Crippen molar-refractivity contribution < 1.29 is 14.4 Å². The summed E-state index contributed by atoms with van der Waals surface area (Å²) in [6, 6.07) is 0. The van der Waals surface area contributed by atoms with Crippen LogP contribution in [0.5, 0.6) is 0 Å². The highest BCUT2D eigenvalue weighted by Crippen LogP contribution is 2.29. The van der Waals surface area contributed by atoms with Gasteiger partial charge in [0.15, 0.2) is 0 Å². The van der Waals surface area contributed by atoms with Gasteiger partial charge in [-0.3, -0.25) is 0 Å². The monoisotopic (exact) mass is 318 g/mol. The number of carbonyl (C=O) groups is 1. The highest BCUT2D eigenvalue weighted by atomic mass is 79.9. The van der Waals surface area contributed by atoms with Gasteiger partial charge in [0, 0.05) is 25.4 Å². The topological polar surface area (TPSA) is 51.1 Å². The van der Waals surface area contributed by atoms with E-state index in [1.807, 2.05) is 20.8 Å². The van der Waals surface area contributed by atoms with E-state index in [9.17, 15) is 4.79 Å². The maximum absolute atomic E-state index is 11.9. The Balaban J connectivity index is 1.83. The first-order chi connectivity index (χ1) is 8.35. The fourth-order valence-corrected chi connectivity index (χ4v) is 2.60. The molecule has 0 aromatic heterocycles. The van der Waals surface area contributed by atoms with Crippen molar-refractivity contribution in [3.05, 3.63) is 0 Å². The van der Waals surface area contributed by atoms with E-state index in [1.165, 1.54) is 0 Å². The Labute approximate surface area is 116 Å². The van der Waals surface area contributed by atoms with Crippen LogP contribution in [0.1, 0.15) is 33.6 Å². The molecule has 0 aliphatic carbocycles. The van der Waals surface area contributed by atoms with Crippen LogP contribution < -0.4 is 0 Å². The van der Waals surface area contributed by atoms with Gasteiger partial charge in [-0.2, -0.15) is 0 Å². The SMILES string of the molecule is CC(C)(C)OC(=O)N1CCC([C@@H]2CC(Br)=NO2)C1. The normalized spacial score (nSPS) is 28.0. The summed E-state index contributed by atoms with van der Waals surface area (Å²) < 4.78 is 6.21. The van der Waals surface area contributed by atoms with E-state index in [1.54, 1.807) is 4.90 Å². The molecule has 2 rings (SSSR count). The van der Waals surface area contributed by atoms with E-state index < -0.39 is 5.60 Å². The Bertz CT molecular complexity index is 365. The molecule has 2 heterocycles. The lowest BCUT2D eigenvalue weighted by Gasteiger charge is -2.24. The summed E-state index contributed by atoms with van der Waals surface area (Å²) in [6.45, 7) is 7.06. The average molecular weight is 319 g/mol. The Kier molecular flexibility index (Phi) is 3.84. The number of nitrogens with zero attached hydrogens (tertiary/aromatic N) is 2. The Morgan fingerprint density at radius 1 is 1.56 bits per heavy atom. The standard InChI is InChI=1S/C12H19BrN2O3/c1-12(2,3)17-11(16)15-5-4-8(7-15)9-6-10(13)14-18-9/h8-9H,4-7H2,1-3H3/t8?,9-/m0/s1. The summed E-state index contributed by atoms with van der Waals surface area (Å²) in [7, 11) is 0. The number of hydrogen-bond donors (Lipinski definition) is 0. The third-order valence-electron chi connectivity index (χ3n) is 3.06. The highest BCUT2D eigenvalue weighted by Gasteiger charge is 2.37. The van der Waals surface area contributed by atoms with Crippen molar-refractivity contribution in [2.45, 2.75) is 45.3 Å². The number of halogens is 1. The molecule has 1 saturated heterocycles. The zero-order valence-electron chi connectivity index (χ0n) is 11.0. The molecule has 0 saturated carbocycles. The summed E-state index contributed by atoms with van der Waals surface area (Å²) in [5.74, 6) is 0.344. The molecule has 102 valence electrons. The Morgan fingerprint density at radius 3 is 2.83 bits per heavy atom. The Hall–Kier alpha value is -0.780. The second kappa shape index (κ2) is 5.07. The van der Waals surface area contributed by atoms with Gasteiger partial charge in [0.1, 0.15) is 16.3 Å². The van der Waals surface area contributed by atoms with Crippen LogP contribution in [0.4, 0.5) is 4.79 Å². The molecule has 0 radical (unpaired) electrons. The molecule has 2 atom stereocenters. The molecule has 5 nitrogen and oxygen atoms in total. The molecule has 1 amide bonds. The lowest BCUT2D eigenvalue weighted by molar-refractivity contribution is 0.0219. The number of ether oxygens (including phenoxy) is 1. The summed E-state index contributed by atoms with van der Waals surface area (Å²) in [4.78, 5) is 19.0. The smallest absolute Gasteiger partial charge is 0.410 e. The lowest BCUT2D eigenvalue weighted by atomic mass is 10.00. The molecule has 6 heteroatoms. The third kappa shape index (κ3) is 3.37. The molecule has 0 bridgehead atoms. The maximum Gasteiger partial charge on any atom is 0.410 e. The fourth-order valence-electron chi connectivity index (χ4n) is 2.20. The molecule has 1 fully saturated rings. The van der Waals surface area contributed by atoms with Crippen LogP contribution in [0.3, 0.4) is 0 Å². The number of oxime groups is 1. The molecule has 1 unspecified atom stereocenters. The lowest BCUT2D eigenvalue weighted by Crippen LogP contribution is -2.36. The van der Waals surface area contributed by atoms with Gasteiger partial charge in [0.05, 0.1) is 0 Å². The first kappa shape index (κ1) is 13.6. The van der Waals surface area contributed by atoms with E-state index in [0.29, 0.717) is 12.5 Å². The van der Waals surface area contributed by atoms with Gasteiger partial charge in [-0.1, -0.05) is 5.16 Å². The Morgan fingerprint density at radius 2 is 2.28 bits per heavy atom. The van der Waals surface area contributed by atoms with Crippen LogP contribution >= 0.6 is 15.9 Å². The molecule has 18 heavy (non-hydrogen) atoms. The van der Waals surface area contributed by atoms with Gasteiger partial charge in [-0.05, 0) is 43.1 Å². The summed E-state index contributed by atoms with van der Waals surface area (Å²) in [6.07, 6.45) is 1.60. The molecule has 0 N–H and O–H groups in total. The van der Waals surface area contributed by atoms with Crippen molar-refractivity contribution in [1.29, 1.82) is 0 Å². The fraction of sp³-hybridized carbons (Fsp3) is 0.833. The quantitative estimate of drug-likeness (QED) is 0.747. The molecule has 0 aromatic rings. The highest BCUT2D eigenvalue weighted by molar-refractivity contribution is 9.18. The predicted molar refractivity (Wildman–Crippen MR) is 71.8 cm³/mol. The van der Waals surface area contributed by atoms with Crippen LogP contribution in [-0.4, -0.2) is 40.4 Å². The van der Waals surface area contributed by atoms with Crippen LogP contribution in [-0.2, 0) is 9.57 Å². The van der Waals surface area contributed by atoms with Crippen molar-refractivity contribution in [3.8, 4) is 0 Å². The van der Waals surface area contributed by atoms with Crippen molar-refractivity contribution in [2.24, 2.45) is 11.1 Å². The van der Waals surface area contributed by atoms with Gasteiger partial charge in [0.25, 0.3) is 0 Å². The van der Waals surface area contributed by atoms with Gasteiger partial charge >= 0.3 is 6.09 Å².